The second-order valence-corrected chi connectivity index (χ2v) is 9.25. The van der Waals surface area contributed by atoms with Crippen molar-refractivity contribution in [3.8, 4) is 0 Å². The number of hydrogen-bond acceptors (Lipinski definition) is 2. The summed E-state index contributed by atoms with van der Waals surface area (Å²) in [6.07, 6.45) is 7.39. The normalized spacial score (nSPS) is 44.0. The second kappa shape index (κ2) is 4.15. The summed E-state index contributed by atoms with van der Waals surface area (Å²) >= 11 is 3.26. The van der Waals surface area contributed by atoms with E-state index in [2.05, 4.69) is 35.1 Å². The zero-order valence-corrected chi connectivity index (χ0v) is 14.3. The van der Waals surface area contributed by atoms with Gasteiger partial charge in [-0.2, -0.15) is 0 Å². The fraction of sp³-hybridized carbons (Fsp3) is 0.706. The minimum absolute atomic E-state index is 0.0146. The number of halogens is 1. The summed E-state index contributed by atoms with van der Waals surface area (Å²) in [5.74, 6) is 1.13. The van der Waals surface area contributed by atoms with Crippen molar-refractivity contribution in [2.45, 2.75) is 57.9 Å². The predicted octanol–water partition coefficient (Wildman–Crippen LogP) is 4.52. The second-order valence-electron chi connectivity index (χ2n) is 8.47. The first-order chi connectivity index (χ1) is 9.79. The lowest BCUT2D eigenvalue weighted by molar-refractivity contribution is -0.114. The van der Waals surface area contributed by atoms with E-state index in [0.717, 1.165) is 25.2 Å². The van der Waals surface area contributed by atoms with Gasteiger partial charge in [-0.15, -0.1) is 0 Å². The van der Waals surface area contributed by atoms with Crippen LogP contribution in [0.3, 0.4) is 0 Å². The maximum Gasteiger partial charge on any atom is 0.287 e. The monoisotopic (exact) mass is 351 g/mol. The molecule has 2 atom stereocenters. The van der Waals surface area contributed by atoms with Gasteiger partial charge < -0.3 is 9.73 Å². The van der Waals surface area contributed by atoms with Crippen LogP contribution in [0, 0.1) is 16.7 Å². The summed E-state index contributed by atoms with van der Waals surface area (Å²) in [5, 5.41) is 3.35. The number of nitrogens with one attached hydrogen (secondary N) is 1. The number of hydrogen-bond donors (Lipinski definition) is 1. The van der Waals surface area contributed by atoms with Gasteiger partial charge in [0.05, 0.1) is 0 Å². The van der Waals surface area contributed by atoms with E-state index >= 15 is 0 Å². The lowest BCUT2D eigenvalue weighted by atomic mass is 9.43. The quantitative estimate of drug-likeness (QED) is 0.850. The number of carbonyl (C=O) groups is 1. The van der Waals surface area contributed by atoms with Gasteiger partial charge in [0.15, 0.2) is 10.4 Å². The summed E-state index contributed by atoms with van der Waals surface area (Å²) in [4.78, 5) is 12.5. The van der Waals surface area contributed by atoms with Crippen LogP contribution in [-0.4, -0.2) is 11.4 Å². The molecule has 0 spiro atoms. The van der Waals surface area contributed by atoms with E-state index in [4.69, 9.17) is 4.42 Å². The maximum atomic E-state index is 12.5. The summed E-state index contributed by atoms with van der Waals surface area (Å²) in [6.45, 7) is 4.83. The maximum absolute atomic E-state index is 12.5. The Balaban J connectivity index is 1.61. The van der Waals surface area contributed by atoms with Crippen LogP contribution in [0.5, 0.6) is 0 Å². The molecule has 4 aliphatic carbocycles. The van der Waals surface area contributed by atoms with Crippen LogP contribution in [0.1, 0.15) is 62.9 Å². The largest absolute Gasteiger partial charge is 0.444 e. The zero-order valence-electron chi connectivity index (χ0n) is 12.7. The third-order valence-corrected chi connectivity index (χ3v) is 6.23. The third-order valence-electron chi connectivity index (χ3n) is 5.80. The Bertz CT molecular complexity index is 590. The van der Waals surface area contributed by atoms with Crippen molar-refractivity contribution >= 4 is 21.8 Å². The van der Waals surface area contributed by atoms with Crippen molar-refractivity contribution in [1.29, 1.82) is 0 Å². The van der Waals surface area contributed by atoms with E-state index in [9.17, 15) is 4.79 Å². The van der Waals surface area contributed by atoms with Crippen molar-refractivity contribution in [1.82, 2.24) is 5.32 Å². The Morgan fingerprint density at radius 1 is 1.19 bits per heavy atom. The van der Waals surface area contributed by atoms with Gasteiger partial charge in [0.1, 0.15) is 0 Å². The molecule has 4 heteroatoms. The highest BCUT2D eigenvalue weighted by atomic mass is 79.9. The molecule has 2 unspecified atom stereocenters. The SMILES string of the molecule is CC12CC3CC(C)(C1)CC(NC(=O)c1ccc(Br)o1)(C3)C2. The molecule has 0 saturated heterocycles. The molecule has 4 saturated carbocycles. The minimum Gasteiger partial charge on any atom is -0.444 e. The van der Waals surface area contributed by atoms with Crippen molar-refractivity contribution in [2.75, 3.05) is 0 Å². The molecule has 4 fully saturated rings. The number of amides is 1. The highest BCUT2D eigenvalue weighted by molar-refractivity contribution is 9.10. The molecule has 1 heterocycles. The number of carbonyl (C=O) groups excluding carboxylic acids is 1. The summed E-state index contributed by atoms with van der Waals surface area (Å²) in [7, 11) is 0. The predicted molar refractivity (Wildman–Crippen MR) is 84.0 cm³/mol. The fourth-order valence-electron chi connectivity index (χ4n) is 6.33. The highest BCUT2D eigenvalue weighted by Crippen LogP contribution is 2.66. The van der Waals surface area contributed by atoms with Gasteiger partial charge in [0.25, 0.3) is 5.91 Å². The van der Waals surface area contributed by atoms with Crippen molar-refractivity contribution in [3.05, 3.63) is 22.6 Å². The van der Waals surface area contributed by atoms with Gasteiger partial charge in [-0.05, 0) is 83.3 Å². The first-order valence-electron chi connectivity index (χ1n) is 7.87. The van der Waals surface area contributed by atoms with Crippen LogP contribution >= 0.6 is 15.9 Å². The lowest BCUT2D eigenvalue weighted by Gasteiger charge is -2.65. The standard InChI is InChI=1S/C17H22BrNO2/c1-15-5-11-6-16(2,8-15)10-17(7-11,9-15)19-14(20)12-3-4-13(18)21-12/h3-4,11H,5-10H2,1-2H3,(H,19,20). The molecule has 4 bridgehead atoms. The van der Waals surface area contributed by atoms with Gasteiger partial charge >= 0.3 is 0 Å². The summed E-state index contributed by atoms with van der Waals surface area (Å²) in [5.41, 5.74) is 0.801. The average molecular weight is 352 g/mol. The number of furan rings is 1. The van der Waals surface area contributed by atoms with E-state index in [1.807, 2.05) is 0 Å². The molecule has 1 amide bonds. The Morgan fingerprint density at radius 2 is 1.86 bits per heavy atom. The molecule has 1 N–H and O–H groups in total. The van der Waals surface area contributed by atoms with Crippen LogP contribution in [0.25, 0.3) is 0 Å². The van der Waals surface area contributed by atoms with Gasteiger partial charge in [0, 0.05) is 5.54 Å². The fourth-order valence-corrected chi connectivity index (χ4v) is 6.63. The summed E-state index contributed by atoms with van der Waals surface area (Å²) in [6, 6.07) is 3.51. The smallest absolute Gasteiger partial charge is 0.287 e. The molecule has 114 valence electrons. The van der Waals surface area contributed by atoms with E-state index < -0.39 is 0 Å². The van der Waals surface area contributed by atoms with E-state index in [0.29, 0.717) is 21.3 Å². The zero-order chi connectivity index (χ0) is 14.9. The van der Waals surface area contributed by atoms with Gasteiger partial charge in [0.2, 0.25) is 0 Å². The Morgan fingerprint density at radius 3 is 2.38 bits per heavy atom. The van der Waals surface area contributed by atoms with Crippen LogP contribution < -0.4 is 5.32 Å². The Labute approximate surface area is 134 Å². The molecular weight excluding hydrogens is 330 g/mol. The first kappa shape index (κ1) is 13.9. The molecule has 0 aliphatic heterocycles. The van der Waals surface area contributed by atoms with Crippen molar-refractivity contribution in [2.24, 2.45) is 16.7 Å². The molecule has 3 nitrogen and oxygen atoms in total. The Hall–Kier alpha value is -0.770. The minimum atomic E-state index is -0.0603. The molecule has 0 aromatic carbocycles. The van der Waals surface area contributed by atoms with Crippen LogP contribution in [0.15, 0.2) is 21.2 Å². The van der Waals surface area contributed by atoms with Gasteiger partial charge in [-0.25, -0.2) is 0 Å². The summed E-state index contributed by atoms with van der Waals surface area (Å²) < 4.78 is 6.02. The van der Waals surface area contributed by atoms with E-state index in [-0.39, 0.29) is 11.4 Å². The van der Waals surface area contributed by atoms with E-state index in [1.54, 1.807) is 12.1 Å². The molecule has 5 rings (SSSR count). The first-order valence-corrected chi connectivity index (χ1v) is 8.66. The van der Waals surface area contributed by atoms with Gasteiger partial charge in [-0.1, -0.05) is 13.8 Å². The van der Waals surface area contributed by atoms with Crippen LogP contribution in [0.4, 0.5) is 0 Å². The van der Waals surface area contributed by atoms with E-state index in [1.165, 1.54) is 19.3 Å². The number of rotatable bonds is 2. The van der Waals surface area contributed by atoms with Crippen LogP contribution in [0.2, 0.25) is 0 Å². The molecule has 4 aliphatic rings. The highest BCUT2D eigenvalue weighted by Gasteiger charge is 2.60. The third kappa shape index (κ3) is 2.26. The Kier molecular flexibility index (Phi) is 2.74. The molecule has 21 heavy (non-hydrogen) atoms. The van der Waals surface area contributed by atoms with Crippen molar-refractivity contribution < 1.29 is 9.21 Å². The van der Waals surface area contributed by atoms with Crippen LogP contribution in [-0.2, 0) is 0 Å². The molecular formula is C17H22BrNO2. The molecule has 1 aromatic rings. The molecule has 0 radical (unpaired) electrons. The van der Waals surface area contributed by atoms with Gasteiger partial charge in [-0.3, -0.25) is 4.79 Å². The van der Waals surface area contributed by atoms with Crippen molar-refractivity contribution in [3.63, 3.8) is 0 Å². The topological polar surface area (TPSA) is 42.2 Å². The molecule has 1 aromatic heterocycles. The lowest BCUT2D eigenvalue weighted by Crippen LogP contribution is -2.65. The average Bonchev–Trinajstić information content (AvgIpc) is 2.70.